The van der Waals surface area contributed by atoms with Crippen LogP contribution in [0.1, 0.15) is 30.5 Å². The van der Waals surface area contributed by atoms with Gasteiger partial charge in [0.25, 0.3) is 0 Å². The Morgan fingerprint density at radius 2 is 1.44 bits per heavy atom. The van der Waals surface area contributed by atoms with E-state index in [4.69, 9.17) is 13.6 Å². The van der Waals surface area contributed by atoms with Gasteiger partial charge in [-0.3, -0.25) is 9.05 Å². The van der Waals surface area contributed by atoms with Crippen LogP contribution in [-0.4, -0.2) is 13.2 Å². The monoisotopic (exact) mass is 272 g/mol. The summed E-state index contributed by atoms with van der Waals surface area (Å²) in [7, 11) is -3.51. The van der Waals surface area contributed by atoms with E-state index in [-0.39, 0.29) is 13.2 Å². The smallest absolute Gasteiger partial charge is 0.403 e. The lowest BCUT2D eigenvalue weighted by molar-refractivity contribution is 0.167. The fraction of sp³-hybridized carbons (Fsp3) is 0.538. The van der Waals surface area contributed by atoms with Crippen LogP contribution < -0.4 is 4.52 Å². The van der Waals surface area contributed by atoms with Crippen molar-refractivity contribution >= 4 is 7.82 Å². The minimum atomic E-state index is -3.51. The van der Waals surface area contributed by atoms with Crippen molar-refractivity contribution in [2.24, 2.45) is 0 Å². The Morgan fingerprint density at radius 1 is 1.00 bits per heavy atom. The first kappa shape index (κ1) is 15.2. The number of aryl methyl sites for hydroxylation is 3. The number of hydrogen-bond acceptors (Lipinski definition) is 4. The summed E-state index contributed by atoms with van der Waals surface area (Å²) in [5.41, 5.74) is 2.99. The van der Waals surface area contributed by atoms with Crippen LogP contribution in [0.25, 0.3) is 0 Å². The molecule has 1 aromatic carbocycles. The lowest BCUT2D eigenvalue weighted by atomic mass is 10.1. The minimum absolute atomic E-state index is 0.279. The zero-order chi connectivity index (χ0) is 13.8. The molecule has 0 spiro atoms. The lowest BCUT2D eigenvalue weighted by Crippen LogP contribution is -2.04. The van der Waals surface area contributed by atoms with E-state index >= 15 is 0 Å². The second-order valence-corrected chi connectivity index (χ2v) is 5.70. The predicted octanol–water partition coefficient (Wildman–Crippen LogP) is 4.17. The van der Waals surface area contributed by atoms with Gasteiger partial charge in [0.15, 0.2) is 0 Å². The number of hydrogen-bond donors (Lipinski definition) is 0. The maximum absolute atomic E-state index is 12.3. The average molecular weight is 272 g/mol. The number of phosphoric ester groups is 1. The van der Waals surface area contributed by atoms with Gasteiger partial charge < -0.3 is 4.52 Å². The lowest BCUT2D eigenvalue weighted by Gasteiger charge is -2.20. The summed E-state index contributed by atoms with van der Waals surface area (Å²) in [5, 5.41) is 0. The summed E-state index contributed by atoms with van der Waals surface area (Å²) < 4.78 is 28.1. The van der Waals surface area contributed by atoms with Gasteiger partial charge in [0.1, 0.15) is 5.75 Å². The maximum atomic E-state index is 12.3. The van der Waals surface area contributed by atoms with E-state index in [1.165, 1.54) is 0 Å². The van der Waals surface area contributed by atoms with Gasteiger partial charge in [-0.2, -0.15) is 0 Å². The van der Waals surface area contributed by atoms with Crippen LogP contribution >= 0.6 is 7.82 Å². The highest BCUT2D eigenvalue weighted by Crippen LogP contribution is 2.50. The Labute approximate surface area is 109 Å². The summed E-state index contributed by atoms with van der Waals surface area (Å²) >= 11 is 0. The fourth-order valence-corrected chi connectivity index (χ4v) is 3.15. The molecule has 0 bridgehead atoms. The van der Waals surface area contributed by atoms with E-state index in [1.54, 1.807) is 13.8 Å². The summed E-state index contributed by atoms with van der Waals surface area (Å²) in [6.07, 6.45) is 0. The van der Waals surface area contributed by atoms with Gasteiger partial charge in [0, 0.05) is 0 Å². The topological polar surface area (TPSA) is 44.8 Å². The van der Waals surface area contributed by atoms with Crippen LogP contribution in [0.5, 0.6) is 5.75 Å². The molecule has 0 fully saturated rings. The van der Waals surface area contributed by atoms with Gasteiger partial charge in [-0.25, -0.2) is 4.57 Å². The second-order valence-electron chi connectivity index (χ2n) is 4.10. The molecule has 0 saturated heterocycles. The molecule has 0 aliphatic heterocycles. The van der Waals surface area contributed by atoms with Crippen LogP contribution in [0.15, 0.2) is 12.1 Å². The van der Waals surface area contributed by atoms with Crippen LogP contribution in [-0.2, 0) is 13.6 Å². The molecule has 0 aliphatic rings. The number of benzene rings is 1. The zero-order valence-electron chi connectivity index (χ0n) is 11.6. The molecule has 0 N–H and O–H groups in total. The van der Waals surface area contributed by atoms with Crippen LogP contribution in [0.3, 0.4) is 0 Å². The Bertz CT molecular complexity index is 423. The summed E-state index contributed by atoms with van der Waals surface area (Å²) in [6, 6.07) is 3.95. The number of phosphoric acid groups is 1. The predicted molar refractivity (Wildman–Crippen MR) is 72.1 cm³/mol. The molecule has 1 aromatic rings. The molecule has 0 atom stereocenters. The quantitative estimate of drug-likeness (QED) is 0.729. The molecule has 5 heteroatoms. The van der Waals surface area contributed by atoms with Crippen LogP contribution in [0.2, 0.25) is 0 Å². The third-order valence-corrected chi connectivity index (χ3v) is 3.94. The third-order valence-electron chi connectivity index (χ3n) is 2.38. The van der Waals surface area contributed by atoms with Crippen molar-refractivity contribution in [1.82, 2.24) is 0 Å². The Kier molecular flexibility index (Phi) is 5.39. The maximum Gasteiger partial charge on any atom is 0.530 e. The molecular weight excluding hydrogens is 251 g/mol. The largest absolute Gasteiger partial charge is 0.530 e. The molecule has 0 aromatic heterocycles. The van der Waals surface area contributed by atoms with E-state index in [0.717, 1.165) is 16.7 Å². The van der Waals surface area contributed by atoms with E-state index in [1.807, 2.05) is 32.9 Å². The molecule has 0 aliphatic carbocycles. The van der Waals surface area contributed by atoms with Gasteiger partial charge in [-0.1, -0.05) is 17.7 Å². The molecule has 1 rings (SSSR count). The molecule has 0 heterocycles. The van der Waals surface area contributed by atoms with Crippen molar-refractivity contribution in [2.75, 3.05) is 13.2 Å². The summed E-state index contributed by atoms with van der Waals surface area (Å²) in [6.45, 7) is 9.90. The van der Waals surface area contributed by atoms with E-state index in [2.05, 4.69) is 0 Å². The Morgan fingerprint density at radius 3 is 1.83 bits per heavy atom. The zero-order valence-corrected chi connectivity index (χ0v) is 12.5. The first-order valence-electron chi connectivity index (χ1n) is 6.08. The van der Waals surface area contributed by atoms with Crippen molar-refractivity contribution in [2.45, 2.75) is 34.6 Å². The highest BCUT2D eigenvalue weighted by atomic mass is 31.2. The highest BCUT2D eigenvalue weighted by Gasteiger charge is 2.28. The molecular formula is C13H21O4P. The van der Waals surface area contributed by atoms with Gasteiger partial charge in [0.2, 0.25) is 0 Å². The molecule has 0 unspecified atom stereocenters. The average Bonchev–Trinajstić information content (AvgIpc) is 2.24. The first-order valence-corrected chi connectivity index (χ1v) is 7.54. The van der Waals surface area contributed by atoms with Gasteiger partial charge in [-0.05, 0) is 45.7 Å². The van der Waals surface area contributed by atoms with Crippen molar-refractivity contribution < 1.29 is 18.1 Å². The molecule has 0 radical (unpaired) electrons. The van der Waals surface area contributed by atoms with E-state index in [9.17, 15) is 4.57 Å². The summed E-state index contributed by atoms with van der Waals surface area (Å²) in [5.74, 6) is 0.575. The van der Waals surface area contributed by atoms with Crippen molar-refractivity contribution in [3.8, 4) is 5.75 Å². The Balaban J connectivity index is 3.04. The van der Waals surface area contributed by atoms with Gasteiger partial charge in [-0.15, -0.1) is 0 Å². The Hall–Kier alpha value is -0.830. The van der Waals surface area contributed by atoms with Crippen molar-refractivity contribution in [3.05, 3.63) is 28.8 Å². The third kappa shape index (κ3) is 3.84. The first-order chi connectivity index (χ1) is 8.41. The minimum Gasteiger partial charge on any atom is -0.403 e. The van der Waals surface area contributed by atoms with E-state index < -0.39 is 7.82 Å². The second kappa shape index (κ2) is 6.37. The van der Waals surface area contributed by atoms with E-state index in [0.29, 0.717) is 5.75 Å². The number of rotatable bonds is 6. The molecule has 102 valence electrons. The highest BCUT2D eigenvalue weighted by molar-refractivity contribution is 7.48. The van der Waals surface area contributed by atoms with Crippen molar-refractivity contribution in [3.63, 3.8) is 0 Å². The van der Waals surface area contributed by atoms with Crippen LogP contribution in [0, 0.1) is 20.8 Å². The molecule has 0 amide bonds. The SMILES string of the molecule is CCOP(=O)(OCC)Oc1c(C)cc(C)cc1C. The summed E-state index contributed by atoms with van der Waals surface area (Å²) in [4.78, 5) is 0. The van der Waals surface area contributed by atoms with Crippen LogP contribution in [0.4, 0.5) is 0 Å². The fourth-order valence-electron chi connectivity index (χ4n) is 1.83. The molecule has 0 saturated carbocycles. The van der Waals surface area contributed by atoms with Gasteiger partial charge in [0.05, 0.1) is 13.2 Å². The standard InChI is InChI=1S/C13H21O4P/c1-6-15-18(14,16-7-2)17-13-11(4)8-10(3)9-12(13)5/h8-9H,6-7H2,1-5H3. The van der Waals surface area contributed by atoms with Crippen molar-refractivity contribution in [1.29, 1.82) is 0 Å². The molecule has 18 heavy (non-hydrogen) atoms. The van der Waals surface area contributed by atoms with Gasteiger partial charge >= 0.3 is 7.82 Å². The molecule has 4 nitrogen and oxygen atoms in total. The normalized spacial score (nSPS) is 11.6.